The highest BCUT2D eigenvalue weighted by atomic mass is 35.5. The van der Waals surface area contributed by atoms with Gasteiger partial charge in [0.05, 0.1) is 17.1 Å². The number of anilines is 1. The van der Waals surface area contributed by atoms with Gasteiger partial charge in [0.25, 0.3) is 0 Å². The average Bonchev–Trinajstić information content (AvgIpc) is 3.01. The Kier molecular flexibility index (Phi) is 5.53. The molecule has 0 saturated heterocycles. The van der Waals surface area contributed by atoms with Crippen molar-refractivity contribution in [1.82, 2.24) is 14.5 Å². The summed E-state index contributed by atoms with van der Waals surface area (Å²) in [5.41, 5.74) is 0.711. The Morgan fingerprint density at radius 1 is 1.26 bits per heavy atom. The molecule has 0 fully saturated rings. The number of carbonyl (C=O) groups excluding carboxylic acids is 1. The molecule has 2 aromatic heterocycles. The third-order valence-electron chi connectivity index (χ3n) is 3.58. The first-order valence-electron chi connectivity index (χ1n) is 7.87. The molecule has 3 rings (SSSR count). The summed E-state index contributed by atoms with van der Waals surface area (Å²) in [6.07, 6.45) is 1.39. The molecule has 3 aromatic rings. The Balaban J connectivity index is 1.92. The first-order chi connectivity index (χ1) is 13.0. The van der Waals surface area contributed by atoms with Gasteiger partial charge in [-0.2, -0.15) is 0 Å². The van der Waals surface area contributed by atoms with Crippen LogP contribution in [0.1, 0.15) is 10.6 Å². The molecule has 2 heterocycles. The lowest BCUT2D eigenvalue weighted by Crippen LogP contribution is -2.22. The molecule has 0 aliphatic rings. The number of aliphatic hydroxyl groups is 1. The van der Waals surface area contributed by atoms with E-state index in [1.165, 1.54) is 16.8 Å². The number of nitrogens with one attached hydrogen (secondary N) is 1. The standard InChI is InChI=1S/C17H15ClN4O5/c18-10-4-5-13(19-8-10)20-14(24)9-22-11-2-1-3-12(27-7-6-23)15(11)21-16(22)17(25)26/h1-5,8,23H,6-7,9H2,(H,25,26)(H,19,20,24). The smallest absolute Gasteiger partial charge is 0.372 e. The van der Waals surface area contributed by atoms with Gasteiger partial charge in [0, 0.05) is 6.20 Å². The van der Waals surface area contributed by atoms with Gasteiger partial charge in [0.1, 0.15) is 30.2 Å². The first kappa shape index (κ1) is 18.6. The number of halogens is 1. The Bertz CT molecular complexity index is 987. The fraction of sp³-hybridized carbons (Fsp3) is 0.176. The highest BCUT2D eigenvalue weighted by molar-refractivity contribution is 6.30. The second-order valence-corrected chi connectivity index (χ2v) is 5.87. The largest absolute Gasteiger partial charge is 0.489 e. The van der Waals surface area contributed by atoms with E-state index in [0.29, 0.717) is 21.8 Å². The number of ether oxygens (including phenoxy) is 1. The maximum absolute atomic E-state index is 12.4. The molecule has 0 unspecified atom stereocenters. The van der Waals surface area contributed by atoms with Crippen molar-refractivity contribution in [2.24, 2.45) is 0 Å². The van der Waals surface area contributed by atoms with E-state index in [0.717, 1.165) is 0 Å². The number of rotatable bonds is 7. The van der Waals surface area contributed by atoms with E-state index in [1.54, 1.807) is 24.3 Å². The lowest BCUT2D eigenvalue weighted by atomic mass is 10.3. The second-order valence-electron chi connectivity index (χ2n) is 5.43. The summed E-state index contributed by atoms with van der Waals surface area (Å²) < 4.78 is 6.66. The van der Waals surface area contributed by atoms with Crippen molar-refractivity contribution in [3.05, 3.63) is 47.4 Å². The molecule has 10 heteroatoms. The number of aromatic nitrogens is 3. The summed E-state index contributed by atoms with van der Waals surface area (Å²) in [5, 5.41) is 21.4. The minimum atomic E-state index is -1.28. The van der Waals surface area contributed by atoms with Gasteiger partial charge >= 0.3 is 5.97 Å². The molecule has 27 heavy (non-hydrogen) atoms. The van der Waals surface area contributed by atoms with E-state index >= 15 is 0 Å². The SMILES string of the molecule is O=C(Cn1c(C(=O)O)nc2c(OCCO)cccc21)Nc1ccc(Cl)cn1. The number of nitrogens with zero attached hydrogens (tertiary/aromatic N) is 3. The van der Waals surface area contributed by atoms with Gasteiger partial charge in [0.15, 0.2) is 0 Å². The lowest BCUT2D eigenvalue weighted by molar-refractivity contribution is -0.116. The van der Waals surface area contributed by atoms with E-state index in [2.05, 4.69) is 15.3 Å². The van der Waals surface area contributed by atoms with E-state index < -0.39 is 11.9 Å². The van der Waals surface area contributed by atoms with Crippen LogP contribution in [0.2, 0.25) is 5.02 Å². The van der Waals surface area contributed by atoms with Crippen molar-refractivity contribution in [1.29, 1.82) is 0 Å². The van der Waals surface area contributed by atoms with Crippen molar-refractivity contribution in [2.75, 3.05) is 18.5 Å². The summed E-state index contributed by atoms with van der Waals surface area (Å²) in [7, 11) is 0. The molecule has 9 nitrogen and oxygen atoms in total. The number of hydrogen-bond acceptors (Lipinski definition) is 6. The summed E-state index contributed by atoms with van der Waals surface area (Å²) in [4.78, 5) is 32.0. The summed E-state index contributed by atoms with van der Waals surface area (Å²) in [6.45, 7) is -0.442. The van der Waals surface area contributed by atoms with Crippen LogP contribution in [0.4, 0.5) is 5.82 Å². The number of aliphatic hydroxyl groups excluding tert-OH is 1. The van der Waals surface area contributed by atoms with Crippen molar-refractivity contribution in [2.45, 2.75) is 6.54 Å². The van der Waals surface area contributed by atoms with Crippen LogP contribution in [0.25, 0.3) is 11.0 Å². The number of carbonyl (C=O) groups is 2. The average molecular weight is 391 g/mol. The van der Waals surface area contributed by atoms with Crippen LogP contribution in [0.5, 0.6) is 5.75 Å². The number of benzene rings is 1. The molecule has 1 aromatic carbocycles. The van der Waals surface area contributed by atoms with E-state index in [9.17, 15) is 14.7 Å². The van der Waals surface area contributed by atoms with Gasteiger partial charge in [-0.25, -0.2) is 14.8 Å². The zero-order valence-corrected chi connectivity index (χ0v) is 14.7. The quantitative estimate of drug-likeness (QED) is 0.561. The van der Waals surface area contributed by atoms with Gasteiger partial charge in [-0.05, 0) is 24.3 Å². The molecule has 0 spiro atoms. The maximum Gasteiger partial charge on any atom is 0.372 e. The summed E-state index contributed by atoms with van der Waals surface area (Å²) in [5.74, 6) is -1.45. The van der Waals surface area contributed by atoms with Crippen LogP contribution in [-0.4, -0.2) is 49.8 Å². The monoisotopic (exact) mass is 390 g/mol. The number of pyridine rings is 1. The number of para-hydroxylation sites is 1. The Hall–Kier alpha value is -3.17. The Labute approximate surface area is 158 Å². The van der Waals surface area contributed by atoms with Crippen molar-refractivity contribution in [3.8, 4) is 5.75 Å². The van der Waals surface area contributed by atoms with E-state index in [1.807, 2.05) is 0 Å². The molecular weight excluding hydrogens is 376 g/mol. The lowest BCUT2D eigenvalue weighted by Gasteiger charge is -2.08. The van der Waals surface area contributed by atoms with Crippen molar-refractivity contribution in [3.63, 3.8) is 0 Å². The molecule has 0 atom stereocenters. The topological polar surface area (TPSA) is 127 Å². The van der Waals surface area contributed by atoms with Crippen LogP contribution in [0.15, 0.2) is 36.5 Å². The zero-order chi connectivity index (χ0) is 19.4. The Morgan fingerprint density at radius 2 is 2.07 bits per heavy atom. The minimum absolute atomic E-state index is 0.0388. The normalized spacial score (nSPS) is 10.7. The number of carboxylic acids is 1. The number of aromatic carboxylic acids is 1. The fourth-order valence-electron chi connectivity index (χ4n) is 2.49. The van der Waals surface area contributed by atoms with E-state index in [4.69, 9.17) is 21.4 Å². The van der Waals surface area contributed by atoms with Crippen LogP contribution in [-0.2, 0) is 11.3 Å². The fourth-order valence-corrected chi connectivity index (χ4v) is 2.60. The van der Waals surface area contributed by atoms with Crippen molar-refractivity contribution < 1.29 is 24.5 Å². The van der Waals surface area contributed by atoms with Gasteiger partial charge in [-0.15, -0.1) is 0 Å². The van der Waals surface area contributed by atoms with Gasteiger partial charge < -0.3 is 24.8 Å². The van der Waals surface area contributed by atoms with Gasteiger partial charge in [0.2, 0.25) is 11.7 Å². The molecular formula is C17H15ClN4O5. The third-order valence-corrected chi connectivity index (χ3v) is 3.80. The highest BCUT2D eigenvalue weighted by Gasteiger charge is 2.21. The molecule has 1 amide bonds. The number of carboxylic acid groups (broad SMARTS) is 1. The molecule has 0 aliphatic carbocycles. The molecule has 3 N–H and O–H groups in total. The van der Waals surface area contributed by atoms with Crippen LogP contribution in [0, 0.1) is 0 Å². The first-order valence-corrected chi connectivity index (χ1v) is 8.25. The predicted octanol–water partition coefficient (Wildman–Crippen LogP) is 1.79. The molecule has 0 radical (unpaired) electrons. The molecule has 0 aliphatic heterocycles. The van der Waals surface area contributed by atoms with Crippen LogP contribution >= 0.6 is 11.6 Å². The van der Waals surface area contributed by atoms with Crippen LogP contribution in [0.3, 0.4) is 0 Å². The van der Waals surface area contributed by atoms with E-state index in [-0.39, 0.29) is 31.4 Å². The predicted molar refractivity (Wildman–Crippen MR) is 97.1 cm³/mol. The van der Waals surface area contributed by atoms with Gasteiger partial charge in [-0.1, -0.05) is 17.7 Å². The minimum Gasteiger partial charge on any atom is -0.489 e. The number of fused-ring (bicyclic) bond motifs is 1. The highest BCUT2D eigenvalue weighted by Crippen LogP contribution is 2.26. The summed E-state index contributed by atoms with van der Waals surface area (Å²) in [6, 6.07) is 8.00. The van der Waals surface area contributed by atoms with Crippen molar-refractivity contribution >= 4 is 40.3 Å². The molecule has 0 saturated carbocycles. The Morgan fingerprint density at radius 3 is 2.74 bits per heavy atom. The van der Waals surface area contributed by atoms with Crippen LogP contribution < -0.4 is 10.1 Å². The zero-order valence-electron chi connectivity index (χ0n) is 13.9. The number of imidazole rings is 1. The van der Waals surface area contributed by atoms with Gasteiger partial charge in [-0.3, -0.25) is 4.79 Å². The number of hydrogen-bond donors (Lipinski definition) is 3. The molecule has 140 valence electrons. The third kappa shape index (κ3) is 4.15. The second kappa shape index (κ2) is 8.02. The summed E-state index contributed by atoms with van der Waals surface area (Å²) >= 11 is 5.75. The number of amides is 1. The molecule has 0 bridgehead atoms. The maximum atomic E-state index is 12.4.